The Morgan fingerprint density at radius 3 is 2.91 bits per heavy atom. The van der Waals surface area contributed by atoms with Crippen LogP contribution >= 0.6 is 0 Å². The van der Waals surface area contributed by atoms with Crippen molar-refractivity contribution in [3.05, 3.63) is 30.9 Å². The van der Waals surface area contributed by atoms with Gasteiger partial charge >= 0.3 is 5.82 Å². The van der Waals surface area contributed by atoms with Crippen molar-refractivity contribution in [2.24, 2.45) is 0 Å². The van der Waals surface area contributed by atoms with Gasteiger partial charge in [-0.3, -0.25) is 0 Å². The normalized spacial score (nSPS) is 8.45. The van der Waals surface area contributed by atoms with Gasteiger partial charge in [-0.05, 0) is 11.9 Å². The first-order chi connectivity index (χ1) is 4.88. The van der Waals surface area contributed by atoms with E-state index >= 15 is 0 Å². The van der Waals surface area contributed by atoms with E-state index in [4.69, 9.17) is 0 Å². The molecule has 0 bridgehead atoms. The zero-order chi connectivity index (χ0) is 7.40. The summed E-state index contributed by atoms with van der Waals surface area (Å²) in [7, 11) is 0. The van der Waals surface area contributed by atoms with Gasteiger partial charge in [0, 0.05) is 12.1 Å². The maximum Gasteiger partial charge on any atom is 0.322 e. The molecular formula is C8H11BrN2. The Morgan fingerprint density at radius 1 is 1.73 bits per heavy atom. The average molecular weight is 215 g/mol. The molecule has 0 fully saturated rings. The van der Waals surface area contributed by atoms with Gasteiger partial charge in [0.25, 0.3) is 0 Å². The van der Waals surface area contributed by atoms with Crippen molar-refractivity contribution in [1.82, 2.24) is 4.98 Å². The van der Waals surface area contributed by atoms with E-state index in [9.17, 15) is 0 Å². The minimum absolute atomic E-state index is 0. The molecule has 11 heavy (non-hydrogen) atoms. The molecule has 0 radical (unpaired) electrons. The van der Waals surface area contributed by atoms with Crippen LogP contribution in [-0.4, -0.2) is 4.98 Å². The van der Waals surface area contributed by atoms with Crippen LogP contribution in [0.15, 0.2) is 25.0 Å². The first kappa shape index (κ1) is 10.3. The second-order valence-electron chi connectivity index (χ2n) is 1.97. The van der Waals surface area contributed by atoms with Crippen molar-refractivity contribution in [1.29, 1.82) is 0 Å². The molecule has 0 aromatic carbocycles. The highest BCUT2D eigenvalue weighted by Gasteiger charge is 2.01. The molecule has 1 rings (SSSR count). The fourth-order valence-corrected chi connectivity index (χ4v) is 0.850. The molecule has 0 aliphatic rings. The lowest BCUT2D eigenvalue weighted by Gasteiger charge is -1.93. The van der Waals surface area contributed by atoms with Crippen molar-refractivity contribution >= 4 is 6.08 Å². The van der Waals surface area contributed by atoms with Crippen LogP contribution in [0.1, 0.15) is 12.7 Å². The Kier molecular flexibility index (Phi) is 4.70. The summed E-state index contributed by atoms with van der Waals surface area (Å²) in [6, 6.07) is 1.91. The number of rotatable bonds is 2. The quantitative estimate of drug-likeness (QED) is 0.523. The van der Waals surface area contributed by atoms with E-state index < -0.39 is 0 Å². The summed E-state index contributed by atoms with van der Waals surface area (Å²) in [5, 5.41) is 0. The molecule has 0 unspecified atom stereocenters. The zero-order valence-corrected chi connectivity index (χ0v) is 8.08. The number of hydrogen-bond donors (Lipinski definition) is 0. The molecule has 60 valence electrons. The first-order valence-electron chi connectivity index (χ1n) is 3.35. The third-order valence-electron chi connectivity index (χ3n) is 1.38. The van der Waals surface area contributed by atoms with Crippen molar-refractivity contribution in [2.45, 2.75) is 13.5 Å². The van der Waals surface area contributed by atoms with Gasteiger partial charge in [0.1, 0.15) is 6.20 Å². The highest BCUT2D eigenvalue weighted by atomic mass is 79.9. The van der Waals surface area contributed by atoms with Crippen LogP contribution in [0.3, 0.4) is 0 Å². The SMILES string of the molecule is C=Cc1nccc[n+]1CC.[Br-]. The van der Waals surface area contributed by atoms with Gasteiger partial charge in [-0.15, -0.1) is 0 Å². The topological polar surface area (TPSA) is 16.8 Å². The van der Waals surface area contributed by atoms with Gasteiger partial charge in [0.15, 0.2) is 0 Å². The van der Waals surface area contributed by atoms with E-state index in [2.05, 4.69) is 18.5 Å². The van der Waals surface area contributed by atoms with Crippen LogP contribution in [0, 0.1) is 0 Å². The van der Waals surface area contributed by atoms with Gasteiger partial charge in [-0.1, -0.05) is 6.58 Å². The maximum absolute atomic E-state index is 4.11. The maximum atomic E-state index is 4.11. The number of halogens is 1. The molecule has 0 amide bonds. The molecule has 1 aromatic rings. The van der Waals surface area contributed by atoms with Crippen LogP contribution in [0.4, 0.5) is 0 Å². The van der Waals surface area contributed by atoms with E-state index in [0.717, 1.165) is 12.4 Å². The average Bonchev–Trinajstić information content (AvgIpc) is 2.04. The molecule has 2 nitrogen and oxygen atoms in total. The lowest BCUT2D eigenvalue weighted by atomic mass is 10.5. The van der Waals surface area contributed by atoms with Gasteiger partial charge in [0.2, 0.25) is 0 Å². The fraction of sp³-hybridized carbons (Fsp3) is 0.250. The van der Waals surface area contributed by atoms with Crippen LogP contribution in [0.2, 0.25) is 0 Å². The zero-order valence-electron chi connectivity index (χ0n) is 6.50. The van der Waals surface area contributed by atoms with Crippen molar-refractivity contribution in [3.63, 3.8) is 0 Å². The minimum Gasteiger partial charge on any atom is -1.00 e. The van der Waals surface area contributed by atoms with Crippen molar-refractivity contribution in [3.8, 4) is 0 Å². The number of hydrogen-bond acceptors (Lipinski definition) is 1. The second kappa shape index (κ2) is 5.02. The van der Waals surface area contributed by atoms with E-state index in [-0.39, 0.29) is 17.0 Å². The lowest BCUT2D eigenvalue weighted by Crippen LogP contribution is -3.00. The summed E-state index contributed by atoms with van der Waals surface area (Å²) in [5.41, 5.74) is 0. The summed E-state index contributed by atoms with van der Waals surface area (Å²) in [6.07, 6.45) is 5.51. The summed E-state index contributed by atoms with van der Waals surface area (Å²) >= 11 is 0. The Bertz CT molecular complexity index is 235. The predicted molar refractivity (Wildman–Crippen MR) is 40.2 cm³/mol. The molecule has 3 heteroatoms. The van der Waals surface area contributed by atoms with Crippen LogP contribution in [-0.2, 0) is 6.54 Å². The minimum atomic E-state index is 0. The molecule has 0 aliphatic carbocycles. The highest BCUT2D eigenvalue weighted by Crippen LogP contribution is 1.85. The number of aryl methyl sites for hydroxylation is 1. The Morgan fingerprint density at radius 2 is 2.45 bits per heavy atom. The van der Waals surface area contributed by atoms with E-state index in [1.807, 2.05) is 16.8 Å². The standard InChI is InChI=1S/C8H11N2.BrH/c1-3-8-9-6-5-7-10(8)4-2;/h3,5-7H,1,4H2,2H3;1H/q+1;/p-1. The molecule has 0 aliphatic heterocycles. The summed E-state index contributed by atoms with van der Waals surface area (Å²) < 4.78 is 2.03. The number of aromatic nitrogens is 2. The molecule has 0 saturated carbocycles. The molecule has 0 N–H and O–H groups in total. The largest absolute Gasteiger partial charge is 1.00 e. The smallest absolute Gasteiger partial charge is 0.322 e. The van der Waals surface area contributed by atoms with Crippen LogP contribution in [0.25, 0.3) is 6.08 Å². The Balaban J connectivity index is 0.000001000. The molecular weight excluding hydrogens is 204 g/mol. The van der Waals surface area contributed by atoms with Crippen LogP contribution < -0.4 is 21.5 Å². The lowest BCUT2D eigenvalue weighted by molar-refractivity contribution is -0.698. The highest BCUT2D eigenvalue weighted by molar-refractivity contribution is 5.31. The van der Waals surface area contributed by atoms with Crippen LogP contribution in [0.5, 0.6) is 0 Å². The van der Waals surface area contributed by atoms with Gasteiger partial charge < -0.3 is 17.0 Å². The summed E-state index contributed by atoms with van der Waals surface area (Å²) in [4.78, 5) is 4.11. The van der Waals surface area contributed by atoms with E-state index in [0.29, 0.717) is 0 Å². The summed E-state index contributed by atoms with van der Waals surface area (Å²) in [5.74, 6) is 0.921. The Hall–Kier alpha value is -0.700. The third-order valence-corrected chi connectivity index (χ3v) is 1.38. The molecule has 0 spiro atoms. The first-order valence-corrected chi connectivity index (χ1v) is 3.35. The van der Waals surface area contributed by atoms with E-state index in [1.165, 1.54) is 0 Å². The number of nitrogens with zero attached hydrogens (tertiary/aromatic N) is 2. The monoisotopic (exact) mass is 214 g/mol. The molecule has 1 heterocycles. The molecule has 0 saturated heterocycles. The third kappa shape index (κ3) is 2.42. The van der Waals surface area contributed by atoms with Gasteiger partial charge in [-0.25, -0.2) is 4.57 Å². The van der Waals surface area contributed by atoms with Gasteiger partial charge in [-0.2, -0.15) is 0 Å². The van der Waals surface area contributed by atoms with Crippen molar-refractivity contribution < 1.29 is 21.5 Å². The van der Waals surface area contributed by atoms with E-state index in [1.54, 1.807) is 12.3 Å². The predicted octanol–water partition coefficient (Wildman–Crippen LogP) is -1.96. The summed E-state index contributed by atoms with van der Waals surface area (Å²) in [6.45, 7) is 6.67. The Labute approximate surface area is 77.4 Å². The van der Waals surface area contributed by atoms with Crippen molar-refractivity contribution in [2.75, 3.05) is 0 Å². The van der Waals surface area contributed by atoms with Gasteiger partial charge in [0.05, 0.1) is 12.7 Å². The molecule has 1 aromatic heterocycles. The fourth-order valence-electron chi connectivity index (χ4n) is 0.850. The second-order valence-corrected chi connectivity index (χ2v) is 1.97. The molecule has 0 atom stereocenters.